The summed E-state index contributed by atoms with van der Waals surface area (Å²) in [6, 6.07) is 9.85. The van der Waals surface area contributed by atoms with E-state index in [1.165, 1.54) is 4.90 Å². The van der Waals surface area contributed by atoms with Gasteiger partial charge in [-0.3, -0.25) is 14.5 Å². The van der Waals surface area contributed by atoms with Crippen LogP contribution in [0.3, 0.4) is 0 Å². The lowest BCUT2D eigenvalue weighted by atomic mass is 10.1. The van der Waals surface area contributed by atoms with E-state index in [1.807, 2.05) is 6.92 Å². The summed E-state index contributed by atoms with van der Waals surface area (Å²) in [4.78, 5) is 26.8. The second-order valence-electron chi connectivity index (χ2n) is 7.01. The minimum atomic E-state index is -0.682. The molecule has 144 valence electrons. The molecule has 0 spiro atoms. The third-order valence-corrected chi connectivity index (χ3v) is 4.63. The highest BCUT2D eigenvalue weighted by atomic mass is 35.5. The largest absolute Gasteiger partial charge is 0.459 e. The monoisotopic (exact) mass is 427 g/mol. The van der Waals surface area contributed by atoms with Crippen LogP contribution in [0.4, 0.5) is 5.69 Å². The first-order chi connectivity index (χ1) is 12.5. The fourth-order valence-electron chi connectivity index (χ4n) is 2.37. The Balaban J connectivity index is 2.47. The van der Waals surface area contributed by atoms with Crippen LogP contribution in [0.2, 0.25) is 15.1 Å². The molecule has 0 radical (unpaired) electrons. The Morgan fingerprint density at radius 1 is 1.00 bits per heavy atom. The number of halogens is 3. The predicted molar refractivity (Wildman–Crippen MR) is 110 cm³/mol. The highest BCUT2D eigenvalue weighted by molar-refractivity contribution is 6.40. The number of anilines is 1. The molecule has 0 saturated heterocycles. The first-order valence-electron chi connectivity index (χ1n) is 8.23. The Bertz CT molecular complexity index is 855. The number of ether oxygens (including phenoxy) is 1. The van der Waals surface area contributed by atoms with Gasteiger partial charge in [0.25, 0.3) is 5.91 Å². The van der Waals surface area contributed by atoms with Gasteiger partial charge in [0.05, 0.1) is 15.6 Å². The topological polar surface area (TPSA) is 46.6 Å². The number of nitrogens with zero attached hydrogens (tertiary/aromatic N) is 1. The highest BCUT2D eigenvalue weighted by Gasteiger charge is 2.27. The Hall–Kier alpha value is -1.75. The maximum atomic E-state index is 13.2. The van der Waals surface area contributed by atoms with Crippen LogP contribution in [0, 0.1) is 6.92 Å². The Labute approximate surface area is 174 Å². The molecule has 0 N–H and O–H groups in total. The molecule has 4 nitrogen and oxygen atoms in total. The summed E-state index contributed by atoms with van der Waals surface area (Å²) in [5.74, 6) is -1.08. The molecule has 2 aromatic carbocycles. The van der Waals surface area contributed by atoms with E-state index in [0.717, 1.165) is 5.56 Å². The molecule has 0 heterocycles. The van der Waals surface area contributed by atoms with Gasteiger partial charge in [-0.25, -0.2) is 0 Å². The highest BCUT2D eigenvalue weighted by Crippen LogP contribution is 2.30. The first kappa shape index (κ1) is 21.5. The van der Waals surface area contributed by atoms with Crippen LogP contribution < -0.4 is 4.90 Å². The van der Waals surface area contributed by atoms with Crippen LogP contribution in [-0.2, 0) is 9.53 Å². The number of benzene rings is 2. The van der Waals surface area contributed by atoms with Crippen LogP contribution in [0.15, 0.2) is 36.4 Å². The molecule has 0 aromatic heterocycles. The number of esters is 1. The molecule has 0 aliphatic rings. The van der Waals surface area contributed by atoms with Crippen molar-refractivity contribution in [3.05, 3.63) is 62.6 Å². The van der Waals surface area contributed by atoms with Crippen molar-refractivity contribution in [2.45, 2.75) is 33.3 Å². The summed E-state index contributed by atoms with van der Waals surface area (Å²) < 4.78 is 5.36. The molecule has 0 bridgehead atoms. The molecule has 2 aromatic rings. The van der Waals surface area contributed by atoms with E-state index in [2.05, 4.69) is 0 Å². The molecular weight excluding hydrogens is 409 g/mol. The zero-order chi connectivity index (χ0) is 20.4. The normalized spacial score (nSPS) is 11.2. The number of amides is 1. The number of carbonyl (C=O) groups is 2. The zero-order valence-corrected chi connectivity index (χ0v) is 17.7. The molecule has 2 rings (SSSR count). The standard InChI is InChI=1S/C20H20Cl3NO3/c1-12-8-9-13(10-16(12)23)24(11-17(25)27-20(2,3)4)19(26)18-14(21)6-5-7-15(18)22/h5-10H,11H2,1-4H3. The van der Waals surface area contributed by atoms with Crippen molar-refractivity contribution >= 4 is 52.4 Å². The van der Waals surface area contributed by atoms with Gasteiger partial charge in [-0.05, 0) is 57.5 Å². The van der Waals surface area contributed by atoms with Gasteiger partial charge in [-0.1, -0.05) is 46.9 Å². The summed E-state index contributed by atoms with van der Waals surface area (Å²) in [5.41, 5.74) is 0.720. The summed E-state index contributed by atoms with van der Waals surface area (Å²) >= 11 is 18.6. The van der Waals surface area contributed by atoms with Crippen molar-refractivity contribution in [3.8, 4) is 0 Å². The van der Waals surface area contributed by atoms with Gasteiger partial charge < -0.3 is 4.74 Å². The molecule has 1 amide bonds. The van der Waals surface area contributed by atoms with Crippen LogP contribution >= 0.6 is 34.8 Å². The number of hydrogen-bond acceptors (Lipinski definition) is 3. The van der Waals surface area contributed by atoms with E-state index in [0.29, 0.717) is 10.7 Å². The summed E-state index contributed by atoms with van der Waals surface area (Å²) in [5, 5.41) is 0.861. The van der Waals surface area contributed by atoms with Crippen LogP contribution in [0.1, 0.15) is 36.7 Å². The quantitative estimate of drug-likeness (QED) is 0.566. The molecule has 0 aliphatic heterocycles. The lowest BCUT2D eigenvalue weighted by Crippen LogP contribution is -2.39. The van der Waals surface area contributed by atoms with Crippen LogP contribution in [0.5, 0.6) is 0 Å². The fraction of sp³-hybridized carbons (Fsp3) is 0.300. The van der Waals surface area contributed by atoms with Gasteiger partial charge in [0, 0.05) is 10.7 Å². The van der Waals surface area contributed by atoms with Gasteiger partial charge >= 0.3 is 5.97 Å². The van der Waals surface area contributed by atoms with Crippen LogP contribution in [0.25, 0.3) is 0 Å². The minimum Gasteiger partial charge on any atom is -0.459 e. The molecule has 27 heavy (non-hydrogen) atoms. The molecule has 7 heteroatoms. The molecule has 0 aliphatic carbocycles. The molecule has 0 unspecified atom stereocenters. The Kier molecular flexibility index (Phi) is 6.79. The third-order valence-electron chi connectivity index (χ3n) is 3.60. The lowest BCUT2D eigenvalue weighted by molar-refractivity contribution is -0.152. The van der Waals surface area contributed by atoms with Gasteiger partial charge in [-0.15, -0.1) is 0 Å². The maximum absolute atomic E-state index is 13.2. The maximum Gasteiger partial charge on any atom is 0.326 e. The van der Waals surface area contributed by atoms with E-state index in [-0.39, 0.29) is 22.2 Å². The van der Waals surface area contributed by atoms with E-state index in [1.54, 1.807) is 57.2 Å². The van der Waals surface area contributed by atoms with E-state index in [4.69, 9.17) is 39.5 Å². The minimum absolute atomic E-state index is 0.112. The molecular formula is C20H20Cl3NO3. The summed E-state index contributed by atoms with van der Waals surface area (Å²) in [6.07, 6.45) is 0. The second-order valence-corrected chi connectivity index (χ2v) is 8.23. The van der Waals surface area contributed by atoms with Crippen molar-refractivity contribution in [1.29, 1.82) is 0 Å². The van der Waals surface area contributed by atoms with Gasteiger partial charge in [-0.2, -0.15) is 0 Å². The average molecular weight is 429 g/mol. The predicted octanol–water partition coefficient (Wildman–Crippen LogP) is 5.94. The summed E-state index contributed by atoms with van der Waals surface area (Å²) in [6.45, 7) is 6.80. The first-order valence-corrected chi connectivity index (χ1v) is 9.37. The van der Waals surface area contributed by atoms with Crippen molar-refractivity contribution < 1.29 is 14.3 Å². The summed E-state index contributed by atoms with van der Waals surface area (Å²) in [7, 11) is 0. The smallest absolute Gasteiger partial charge is 0.326 e. The van der Waals surface area contributed by atoms with Crippen molar-refractivity contribution in [1.82, 2.24) is 0 Å². The van der Waals surface area contributed by atoms with Crippen molar-refractivity contribution in [2.24, 2.45) is 0 Å². The van der Waals surface area contributed by atoms with E-state index < -0.39 is 17.5 Å². The van der Waals surface area contributed by atoms with Crippen molar-refractivity contribution in [3.63, 3.8) is 0 Å². The van der Waals surface area contributed by atoms with Gasteiger partial charge in [0.15, 0.2) is 0 Å². The van der Waals surface area contributed by atoms with E-state index in [9.17, 15) is 9.59 Å². The van der Waals surface area contributed by atoms with Gasteiger partial charge in [0.2, 0.25) is 0 Å². The number of carbonyl (C=O) groups excluding carboxylic acids is 2. The number of rotatable bonds is 4. The van der Waals surface area contributed by atoms with E-state index >= 15 is 0 Å². The Morgan fingerprint density at radius 2 is 1.59 bits per heavy atom. The second kappa shape index (κ2) is 8.51. The third kappa shape index (κ3) is 5.61. The molecule has 0 atom stereocenters. The average Bonchev–Trinajstić information content (AvgIpc) is 2.53. The molecule has 0 saturated carbocycles. The molecule has 0 fully saturated rings. The van der Waals surface area contributed by atoms with Crippen molar-refractivity contribution in [2.75, 3.05) is 11.4 Å². The van der Waals surface area contributed by atoms with Gasteiger partial charge in [0.1, 0.15) is 12.1 Å². The van der Waals surface area contributed by atoms with Crippen LogP contribution in [-0.4, -0.2) is 24.0 Å². The number of hydrogen-bond donors (Lipinski definition) is 0. The fourth-order valence-corrected chi connectivity index (χ4v) is 3.10. The Morgan fingerprint density at radius 3 is 2.11 bits per heavy atom. The lowest BCUT2D eigenvalue weighted by Gasteiger charge is -2.26. The SMILES string of the molecule is Cc1ccc(N(CC(=O)OC(C)(C)C)C(=O)c2c(Cl)cccc2Cl)cc1Cl. The zero-order valence-electron chi connectivity index (χ0n) is 15.5. The number of aryl methyl sites for hydroxylation is 1.